The molecular weight excluding hydrogens is 342 g/mol. The molecule has 0 aliphatic rings. The van der Waals surface area contributed by atoms with Crippen molar-refractivity contribution in [2.45, 2.75) is 22.8 Å². The summed E-state index contributed by atoms with van der Waals surface area (Å²) in [5, 5.41) is 2.55. The van der Waals surface area contributed by atoms with E-state index in [2.05, 4.69) is 76.6 Å². The van der Waals surface area contributed by atoms with E-state index in [1.54, 1.807) is 11.8 Å². The predicted molar refractivity (Wildman–Crippen MR) is 94.8 cm³/mol. The fourth-order valence-corrected chi connectivity index (χ4v) is 4.11. The Labute approximate surface area is 137 Å². The molecule has 3 aromatic carbocycles. The summed E-state index contributed by atoms with van der Waals surface area (Å²) in [4.78, 5) is 2.45. The second kappa shape index (κ2) is 6.22. The minimum atomic E-state index is 0.0408. The molecule has 0 spiro atoms. The summed E-state index contributed by atoms with van der Waals surface area (Å²) >= 11 is 5.37. The van der Waals surface area contributed by atoms with Crippen molar-refractivity contribution in [3.05, 3.63) is 70.7 Å². The van der Waals surface area contributed by atoms with Crippen LogP contribution in [0, 0.1) is 0 Å². The molecule has 0 aromatic heterocycles. The van der Waals surface area contributed by atoms with Crippen LogP contribution in [0.15, 0.2) is 74.9 Å². The van der Waals surface area contributed by atoms with E-state index in [1.807, 2.05) is 6.92 Å². The van der Waals surface area contributed by atoms with Crippen LogP contribution in [0.3, 0.4) is 0 Å². The fourth-order valence-electron chi connectivity index (χ4n) is 2.31. The molecule has 0 saturated carbocycles. The van der Waals surface area contributed by atoms with Crippen LogP contribution in [0.4, 0.5) is 0 Å². The molecule has 3 rings (SSSR count). The van der Waals surface area contributed by atoms with Gasteiger partial charge in [0.25, 0.3) is 0 Å². The van der Waals surface area contributed by atoms with Gasteiger partial charge in [0.05, 0.1) is 0 Å². The van der Waals surface area contributed by atoms with E-state index in [9.17, 15) is 0 Å². The van der Waals surface area contributed by atoms with Crippen LogP contribution in [0.1, 0.15) is 18.5 Å². The molecule has 0 amide bonds. The Morgan fingerprint density at radius 1 is 0.905 bits per heavy atom. The highest BCUT2D eigenvalue weighted by Crippen LogP contribution is 2.33. The molecule has 1 atom stereocenters. The van der Waals surface area contributed by atoms with Gasteiger partial charge in [0.15, 0.2) is 0 Å². The second-order valence-electron chi connectivity index (χ2n) is 5.08. The SMILES string of the molecule is CC(N)c1ccc(Sc2ccc3ccccc3c2)cc1Br. The van der Waals surface area contributed by atoms with Gasteiger partial charge in [-0.15, -0.1) is 0 Å². The maximum absolute atomic E-state index is 5.94. The van der Waals surface area contributed by atoms with Gasteiger partial charge in [0.1, 0.15) is 0 Å². The molecule has 1 unspecified atom stereocenters. The monoisotopic (exact) mass is 357 g/mol. The number of benzene rings is 3. The number of fused-ring (bicyclic) bond motifs is 1. The Morgan fingerprint density at radius 3 is 2.29 bits per heavy atom. The summed E-state index contributed by atoms with van der Waals surface area (Å²) in [7, 11) is 0. The first-order valence-electron chi connectivity index (χ1n) is 6.85. The average molecular weight is 358 g/mol. The van der Waals surface area contributed by atoms with E-state index in [1.165, 1.54) is 20.6 Å². The lowest BCUT2D eigenvalue weighted by Crippen LogP contribution is -2.05. The van der Waals surface area contributed by atoms with Crippen molar-refractivity contribution < 1.29 is 0 Å². The molecule has 0 aliphatic heterocycles. The van der Waals surface area contributed by atoms with E-state index in [4.69, 9.17) is 5.73 Å². The van der Waals surface area contributed by atoms with Gasteiger partial charge in [0.2, 0.25) is 0 Å². The van der Waals surface area contributed by atoms with Gasteiger partial charge in [0, 0.05) is 20.3 Å². The average Bonchev–Trinajstić information content (AvgIpc) is 2.47. The summed E-state index contributed by atoms with van der Waals surface area (Å²) in [5.41, 5.74) is 7.08. The second-order valence-corrected chi connectivity index (χ2v) is 7.08. The highest BCUT2D eigenvalue weighted by Gasteiger charge is 2.07. The summed E-state index contributed by atoms with van der Waals surface area (Å²) in [5.74, 6) is 0. The van der Waals surface area contributed by atoms with E-state index in [0.29, 0.717) is 0 Å². The zero-order valence-electron chi connectivity index (χ0n) is 11.7. The molecule has 0 bridgehead atoms. The van der Waals surface area contributed by atoms with Crippen molar-refractivity contribution >= 4 is 38.5 Å². The van der Waals surface area contributed by atoms with E-state index >= 15 is 0 Å². The molecule has 0 fully saturated rings. The number of nitrogens with two attached hydrogens (primary N) is 1. The van der Waals surface area contributed by atoms with Crippen molar-refractivity contribution in [1.29, 1.82) is 0 Å². The zero-order valence-corrected chi connectivity index (χ0v) is 14.1. The number of halogens is 1. The van der Waals surface area contributed by atoms with Crippen LogP contribution in [0.5, 0.6) is 0 Å². The van der Waals surface area contributed by atoms with Crippen LogP contribution in [-0.2, 0) is 0 Å². The first-order chi connectivity index (χ1) is 10.1. The van der Waals surface area contributed by atoms with E-state index in [-0.39, 0.29) is 6.04 Å². The normalized spacial score (nSPS) is 12.5. The highest BCUT2D eigenvalue weighted by atomic mass is 79.9. The summed E-state index contributed by atoms with van der Waals surface area (Å²) in [6, 6.07) is 21.4. The third-order valence-corrected chi connectivity index (χ3v) is 5.09. The van der Waals surface area contributed by atoms with Gasteiger partial charge in [-0.1, -0.05) is 64.1 Å². The van der Waals surface area contributed by atoms with Crippen molar-refractivity contribution in [1.82, 2.24) is 0 Å². The zero-order chi connectivity index (χ0) is 14.8. The molecule has 21 heavy (non-hydrogen) atoms. The van der Waals surface area contributed by atoms with Gasteiger partial charge in [-0.25, -0.2) is 0 Å². The minimum absolute atomic E-state index is 0.0408. The van der Waals surface area contributed by atoms with Gasteiger partial charge in [-0.3, -0.25) is 0 Å². The molecule has 2 N–H and O–H groups in total. The molecule has 0 radical (unpaired) electrons. The molecule has 0 heterocycles. The summed E-state index contributed by atoms with van der Waals surface area (Å²) < 4.78 is 1.07. The number of rotatable bonds is 3. The molecule has 0 saturated heterocycles. The predicted octanol–water partition coefficient (Wildman–Crippen LogP) is 5.77. The Balaban J connectivity index is 1.89. The summed E-state index contributed by atoms with van der Waals surface area (Å²) in [6.45, 7) is 2.00. The smallest absolute Gasteiger partial charge is 0.0277 e. The Kier molecular flexibility index (Phi) is 4.34. The topological polar surface area (TPSA) is 26.0 Å². The summed E-state index contributed by atoms with van der Waals surface area (Å²) in [6.07, 6.45) is 0. The van der Waals surface area contributed by atoms with Crippen LogP contribution in [0.25, 0.3) is 10.8 Å². The molecular formula is C18H16BrNS. The van der Waals surface area contributed by atoms with Gasteiger partial charge < -0.3 is 5.73 Å². The van der Waals surface area contributed by atoms with Gasteiger partial charge in [-0.05, 0) is 47.5 Å². The Bertz CT molecular complexity index is 783. The van der Waals surface area contributed by atoms with Gasteiger partial charge >= 0.3 is 0 Å². The number of hydrogen-bond donors (Lipinski definition) is 1. The third-order valence-electron chi connectivity index (χ3n) is 3.42. The minimum Gasteiger partial charge on any atom is -0.324 e. The third kappa shape index (κ3) is 3.31. The lowest BCUT2D eigenvalue weighted by atomic mass is 10.1. The van der Waals surface area contributed by atoms with Crippen LogP contribution in [0.2, 0.25) is 0 Å². The highest BCUT2D eigenvalue weighted by molar-refractivity contribution is 9.10. The molecule has 3 heteroatoms. The van der Waals surface area contributed by atoms with Crippen LogP contribution in [-0.4, -0.2) is 0 Å². The lowest BCUT2D eigenvalue weighted by molar-refractivity contribution is 0.811. The molecule has 0 aliphatic carbocycles. The molecule has 1 nitrogen and oxygen atoms in total. The Morgan fingerprint density at radius 2 is 1.57 bits per heavy atom. The molecule has 106 valence electrons. The van der Waals surface area contributed by atoms with Crippen molar-refractivity contribution in [3.8, 4) is 0 Å². The maximum atomic E-state index is 5.94. The molecule has 3 aromatic rings. The quantitative estimate of drug-likeness (QED) is 0.643. The van der Waals surface area contributed by atoms with Gasteiger partial charge in [-0.2, -0.15) is 0 Å². The maximum Gasteiger partial charge on any atom is 0.0277 e. The number of hydrogen-bond acceptors (Lipinski definition) is 2. The standard InChI is InChI=1S/C18H16BrNS/c1-12(20)17-9-8-16(11-18(17)19)21-15-7-6-13-4-2-3-5-14(13)10-15/h2-12H,20H2,1H3. The van der Waals surface area contributed by atoms with E-state index < -0.39 is 0 Å². The largest absolute Gasteiger partial charge is 0.324 e. The van der Waals surface area contributed by atoms with Crippen LogP contribution < -0.4 is 5.73 Å². The lowest BCUT2D eigenvalue weighted by Gasteiger charge is -2.10. The van der Waals surface area contributed by atoms with E-state index in [0.717, 1.165) is 10.0 Å². The first-order valence-corrected chi connectivity index (χ1v) is 8.46. The van der Waals surface area contributed by atoms with Crippen molar-refractivity contribution in [3.63, 3.8) is 0 Å². The first kappa shape index (κ1) is 14.6. The fraction of sp³-hybridized carbons (Fsp3) is 0.111. The Hall–Kier alpha value is -1.29. The van der Waals surface area contributed by atoms with Crippen molar-refractivity contribution in [2.75, 3.05) is 0 Å². The van der Waals surface area contributed by atoms with Crippen molar-refractivity contribution in [2.24, 2.45) is 5.73 Å². The van der Waals surface area contributed by atoms with Crippen LogP contribution >= 0.6 is 27.7 Å².